The lowest BCUT2D eigenvalue weighted by molar-refractivity contribution is -0.391. The number of esters is 1. The smallest absolute Gasteiger partial charge is 0.334 e. The molecule has 2 heterocycles. The summed E-state index contributed by atoms with van der Waals surface area (Å²) in [5.41, 5.74) is -1.10. The molecule has 7 atom stereocenters. The first-order valence-electron chi connectivity index (χ1n) is 9.87. The molecule has 3 aliphatic carbocycles. The molecule has 2 saturated carbocycles. The van der Waals surface area contributed by atoms with Gasteiger partial charge >= 0.3 is 5.97 Å². The predicted molar refractivity (Wildman–Crippen MR) is 94.9 cm³/mol. The third-order valence-corrected chi connectivity index (χ3v) is 7.77. The Balaban J connectivity index is 1.97. The average molecular weight is 362 g/mol. The molecule has 0 aromatic rings. The second kappa shape index (κ2) is 5.41. The number of Topliss-reactive ketones (excluding diaryl/α,β-unsaturated/α-hetero) is 1. The molecule has 2 aliphatic heterocycles. The number of carbonyl (C=O) groups is 2. The van der Waals surface area contributed by atoms with Crippen LogP contribution in [0.25, 0.3) is 0 Å². The van der Waals surface area contributed by atoms with Crippen LogP contribution in [0.3, 0.4) is 0 Å². The summed E-state index contributed by atoms with van der Waals surface area (Å²) in [4.78, 5) is 26.1. The molecule has 1 saturated heterocycles. The van der Waals surface area contributed by atoms with Crippen molar-refractivity contribution in [3.8, 4) is 0 Å². The summed E-state index contributed by atoms with van der Waals surface area (Å²) in [6, 6.07) is 0. The van der Waals surface area contributed by atoms with E-state index in [1.807, 2.05) is 26.8 Å². The Bertz CT molecular complexity index is 697. The predicted octanol–water partition coefficient (Wildman–Crippen LogP) is 2.86. The summed E-state index contributed by atoms with van der Waals surface area (Å²) < 4.78 is 11.6. The Labute approximate surface area is 155 Å². The Kier molecular flexibility index (Phi) is 3.79. The van der Waals surface area contributed by atoms with Gasteiger partial charge in [-0.05, 0) is 30.8 Å². The molecule has 0 radical (unpaired) electrons. The summed E-state index contributed by atoms with van der Waals surface area (Å²) in [6.07, 6.45) is 4.85. The number of hydrogen-bond acceptors (Lipinski definition) is 5. The van der Waals surface area contributed by atoms with Gasteiger partial charge in [-0.15, -0.1) is 0 Å². The second-order valence-electron chi connectivity index (χ2n) is 9.53. The highest BCUT2D eigenvalue weighted by molar-refractivity contribution is 5.95. The van der Waals surface area contributed by atoms with Crippen LogP contribution in [0, 0.1) is 35.0 Å². The maximum atomic E-state index is 13.4. The van der Waals surface area contributed by atoms with Crippen molar-refractivity contribution in [2.75, 3.05) is 7.11 Å². The number of ketones is 1. The van der Waals surface area contributed by atoms with Crippen LogP contribution in [0.1, 0.15) is 53.4 Å². The molecule has 1 spiro atoms. The summed E-state index contributed by atoms with van der Waals surface area (Å²) in [6.45, 7) is 8.13. The van der Waals surface area contributed by atoms with Crippen LogP contribution < -0.4 is 0 Å². The van der Waals surface area contributed by atoms with Crippen LogP contribution >= 0.6 is 0 Å². The first kappa shape index (κ1) is 18.2. The second-order valence-corrected chi connectivity index (χ2v) is 9.53. The molecule has 0 amide bonds. The Morgan fingerprint density at radius 1 is 1.38 bits per heavy atom. The van der Waals surface area contributed by atoms with Crippen molar-refractivity contribution in [1.82, 2.24) is 0 Å². The molecular formula is C21H30O5. The third kappa shape index (κ3) is 1.99. The lowest BCUT2D eigenvalue weighted by atomic mass is 9.42. The normalized spacial score (nSPS) is 49.7. The highest BCUT2D eigenvalue weighted by Gasteiger charge is 2.76. The van der Waals surface area contributed by atoms with E-state index in [-0.39, 0.29) is 23.5 Å². The maximum Gasteiger partial charge on any atom is 0.334 e. The standard InChI is InChI=1S/C21H30O5/c1-11(2)14-8-16(22)19(4)15-7-6-12(3)9-20(15)10-13(18(23)25-5)17(19)21(14,24)26-20/h10-12,14-15,17,24H,6-9H2,1-5H3. The van der Waals surface area contributed by atoms with Gasteiger partial charge in [-0.1, -0.05) is 34.1 Å². The van der Waals surface area contributed by atoms with Gasteiger partial charge in [-0.3, -0.25) is 4.79 Å². The van der Waals surface area contributed by atoms with Gasteiger partial charge in [0.2, 0.25) is 0 Å². The molecule has 7 unspecified atom stereocenters. The lowest BCUT2D eigenvalue weighted by Crippen LogP contribution is -2.77. The first-order valence-corrected chi connectivity index (χ1v) is 9.87. The minimum Gasteiger partial charge on any atom is -0.466 e. The highest BCUT2D eigenvalue weighted by atomic mass is 16.6. The van der Waals surface area contributed by atoms with E-state index in [9.17, 15) is 14.7 Å². The first-order chi connectivity index (χ1) is 12.1. The number of ether oxygens (including phenoxy) is 2. The summed E-state index contributed by atoms with van der Waals surface area (Å²) in [5.74, 6) is -2.27. The van der Waals surface area contributed by atoms with E-state index in [0.717, 1.165) is 19.3 Å². The van der Waals surface area contributed by atoms with Gasteiger partial charge in [0.1, 0.15) is 5.78 Å². The van der Waals surface area contributed by atoms with Gasteiger partial charge in [-0.25, -0.2) is 4.79 Å². The quantitative estimate of drug-likeness (QED) is 0.765. The maximum absolute atomic E-state index is 13.4. The Hall–Kier alpha value is -1.20. The van der Waals surface area contributed by atoms with Gasteiger partial charge < -0.3 is 14.6 Å². The van der Waals surface area contributed by atoms with Gasteiger partial charge in [0, 0.05) is 29.2 Å². The lowest BCUT2D eigenvalue weighted by Gasteiger charge is -2.70. The van der Waals surface area contributed by atoms with Crippen molar-refractivity contribution < 1.29 is 24.2 Å². The Morgan fingerprint density at radius 2 is 2.08 bits per heavy atom. The van der Waals surface area contributed by atoms with Crippen LogP contribution in [0.15, 0.2) is 11.6 Å². The van der Waals surface area contributed by atoms with Crippen LogP contribution in [-0.2, 0) is 19.1 Å². The molecule has 144 valence electrons. The monoisotopic (exact) mass is 362 g/mol. The van der Waals surface area contributed by atoms with Gasteiger partial charge in [-0.2, -0.15) is 0 Å². The highest BCUT2D eigenvalue weighted by Crippen LogP contribution is 2.69. The van der Waals surface area contributed by atoms with E-state index < -0.39 is 28.7 Å². The number of rotatable bonds is 2. The fourth-order valence-electron chi connectivity index (χ4n) is 6.70. The molecule has 4 bridgehead atoms. The van der Waals surface area contributed by atoms with Crippen molar-refractivity contribution in [3.05, 3.63) is 11.6 Å². The van der Waals surface area contributed by atoms with Gasteiger partial charge in [0.05, 0.1) is 18.6 Å². The van der Waals surface area contributed by atoms with Crippen LogP contribution in [-0.4, -0.2) is 35.4 Å². The Morgan fingerprint density at radius 3 is 2.69 bits per heavy atom. The molecule has 5 rings (SSSR count). The van der Waals surface area contributed by atoms with E-state index in [4.69, 9.17) is 9.47 Å². The SMILES string of the molecule is COC(=O)C1=CC23CC(C)CCC2C2(C)C(=O)CC(C(C)C)C(O)(O3)C12. The molecule has 3 fully saturated rings. The fourth-order valence-corrected chi connectivity index (χ4v) is 6.70. The number of carbonyl (C=O) groups excluding carboxylic acids is 2. The van der Waals surface area contributed by atoms with Gasteiger partial charge in [0.15, 0.2) is 5.79 Å². The van der Waals surface area contributed by atoms with Crippen molar-refractivity contribution in [2.24, 2.45) is 35.0 Å². The van der Waals surface area contributed by atoms with E-state index in [1.54, 1.807) is 0 Å². The zero-order valence-corrected chi connectivity index (χ0v) is 16.4. The van der Waals surface area contributed by atoms with Crippen LogP contribution in [0.2, 0.25) is 0 Å². The number of aliphatic hydroxyl groups is 1. The molecule has 0 aromatic heterocycles. The number of methoxy groups -OCH3 is 1. The molecule has 5 aliphatic rings. The molecule has 1 N–H and O–H groups in total. The van der Waals surface area contributed by atoms with Crippen LogP contribution in [0.5, 0.6) is 0 Å². The minimum atomic E-state index is -1.50. The van der Waals surface area contributed by atoms with E-state index in [0.29, 0.717) is 17.9 Å². The molecular weight excluding hydrogens is 332 g/mol. The molecule has 26 heavy (non-hydrogen) atoms. The zero-order chi connectivity index (χ0) is 19.1. The zero-order valence-electron chi connectivity index (χ0n) is 16.4. The van der Waals surface area contributed by atoms with Crippen molar-refractivity contribution in [2.45, 2.75) is 64.8 Å². The van der Waals surface area contributed by atoms with Crippen LogP contribution in [0.4, 0.5) is 0 Å². The topological polar surface area (TPSA) is 72.8 Å². The molecule has 5 nitrogen and oxygen atoms in total. The van der Waals surface area contributed by atoms with Gasteiger partial charge in [0.25, 0.3) is 0 Å². The van der Waals surface area contributed by atoms with E-state index in [2.05, 4.69) is 6.92 Å². The molecule has 0 aromatic carbocycles. The summed E-state index contributed by atoms with van der Waals surface area (Å²) in [7, 11) is 1.36. The fraction of sp³-hybridized carbons (Fsp3) is 0.810. The molecule has 5 heteroatoms. The van der Waals surface area contributed by atoms with Crippen molar-refractivity contribution in [1.29, 1.82) is 0 Å². The van der Waals surface area contributed by atoms with Crippen molar-refractivity contribution in [3.63, 3.8) is 0 Å². The summed E-state index contributed by atoms with van der Waals surface area (Å²) in [5, 5.41) is 11.8. The largest absolute Gasteiger partial charge is 0.466 e. The third-order valence-electron chi connectivity index (χ3n) is 7.77. The summed E-state index contributed by atoms with van der Waals surface area (Å²) >= 11 is 0. The van der Waals surface area contributed by atoms with E-state index in [1.165, 1.54) is 7.11 Å². The average Bonchev–Trinajstić information content (AvgIpc) is 2.55. The minimum absolute atomic E-state index is 0.00509. The van der Waals surface area contributed by atoms with Crippen molar-refractivity contribution >= 4 is 11.8 Å². The number of hydrogen-bond donors (Lipinski definition) is 1. The van der Waals surface area contributed by atoms with E-state index >= 15 is 0 Å².